The van der Waals surface area contributed by atoms with Crippen LogP contribution in [0.3, 0.4) is 0 Å². The maximum atomic E-state index is 12.6. The summed E-state index contributed by atoms with van der Waals surface area (Å²) < 4.78 is 0. The molecule has 8 nitrogen and oxygen atoms in total. The van der Waals surface area contributed by atoms with Gasteiger partial charge in [-0.3, -0.25) is 19.7 Å². The Labute approximate surface area is 154 Å². The van der Waals surface area contributed by atoms with Crippen molar-refractivity contribution in [1.82, 2.24) is 5.01 Å². The van der Waals surface area contributed by atoms with Gasteiger partial charge >= 0.3 is 5.97 Å². The van der Waals surface area contributed by atoms with Crippen LogP contribution < -0.4 is 0 Å². The first-order chi connectivity index (χ1) is 13.0. The highest BCUT2D eigenvalue weighted by atomic mass is 16.6. The van der Waals surface area contributed by atoms with Crippen LogP contribution in [0.1, 0.15) is 36.4 Å². The SMILES string of the molecule is O=C(O)CCC(=O)N1N=C(c2ccccc2)C[C@@H]1c1cccc([N+](=O)[O-])c1. The molecule has 2 aromatic rings. The Balaban J connectivity index is 1.93. The molecule has 1 amide bonds. The van der Waals surface area contributed by atoms with Crippen molar-refractivity contribution < 1.29 is 19.6 Å². The topological polar surface area (TPSA) is 113 Å². The van der Waals surface area contributed by atoms with Gasteiger partial charge in [0, 0.05) is 25.0 Å². The molecular formula is C19H17N3O5. The Morgan fingerprint density at radius 3 is 2.56 bits per heavy atom. The predicted octanol–water partition coefficient (Wildman–Crippen LogP) is 3.14. The molecule has 0 saturated carbocycles. The quantitative estimate of drug-likeness (QED) is 0.622. The van der Waals surface area contributed by atoms with Crippen LogP contribution in [0.25, 0.3) is 0 Å². The number of rotatable bonds is 6. The first-order valence-corrected chi connectivity index (χ1v) is 8.37. The molecule has 0 bridgehead atoms. The number of hydrogen-bond acceptors (Lipinski definition) is 5. The average Bonchev–Trinajstić information content (AvgIpc) is 3.12. The zero-order valence-electron chi connectivity index (χ0n) is 14.3. The number of carboxylic acids is 1. The Morgan fingerprint density at radius 1 is 1.15 bits per heavy atom. The Bertz CT molecular complexity index is 911. The van der Waals surface area contributed by atoms with Gasteiger partial charge < -0.3 is 5.11 Å². The fraction of sp³-hybridized carbons (Fsp3) is 0.211. The van der Waals surface area contributed by atoms with E-state index in [0.29, 0.717) is 17.7 Å². The highest BCUT2D eigenvalue weighted by molar-refractivity contribution is 6.03. The normalized spacial score (nSPS) is 16.1. The summed E-state index contributed by atoms with van der Waals surface area (Å²) in [4.78, 5) is 33.9. The van der Waals surface area contributed by atoms with Gasteiger partial charge in [-0.05, 0) is 11.1 Å². The molecule has 0 saturated heterocycles. The van der Waals surface area contributed by atoms with E-state index >= 15 is 0 Å². The zero-order valence-corrected chi connectivity index (χ0v) is 14.3. The van der Waals surface area contributed by atoms with Crippen LogP contribution in [0.5, 0.6) is 0 Å². The van der Waals surface area contributed by atoms with Crippen LogP contribution in [-0.2, 0) is 9.59 Å². The summed E-state index contributed by atoms with van der Waals surface area (Å²) >= 11 is 0. The molecule has 0 spiro atoms. The summed E-state index contributed by atoms with van der Waals surface area (Å²) in [6, 6.07) is 14.9. The van der Waals surface area contributed by atoms with E-state index in [9.17, 15) is 19.7 Å². The van der Waals surface area contributed by atoms with Gasteiger partial charge in [-0.15, -0.1) is 0 Å². The Morgan fingerprint density at radius 2 is 1.89 bits per heavy atom. The highest BCUT2D eigenvalue weighted by Gasteiger charge is 2.33. The standard InChI is InChI=1S/C19H17N3O5/c23-18(9-10-19(24)25)21-17(14-7-4-8-15(11-14)22(26)27)12-16(20-21)13-5-2-1-3-6-13/h1-8,11,17H,9-10,12H2,(H,24,25)/t17-/m1/s1. The van der Waals surface area contributed by atoms with Gasteiger partial charge in [0.05, 0.1) is 23.1 Å². The van der Waals surface area contributed by atoms with Crippen LogP contribution in [0.4, 0.5) is 5.69 Å². The fourth-order valence-electron chi connectivity index (χ4n) is 2.98. The molecule has 2 aromatic carbocycles. The molecule has 1 N–H and O–H groups in total. The molecule has 0 radical (unpaired) electrons. The molecular weight excluding hydrogens is 350 g/mol. The van der Waals surface area contributed by atoms with E-state index in [1.165, 1.54) is 17.1 Å². The minimum atomic E-state index is -1.07. The highest BCUT2D eigenvalue weighted by Crippen LogP contribution is 2.34. The molecule has 0 fully saturated rings. The molecule has 0 aromatic heterocycles. The fourth-order valence-corrected chi connectivity index (χ4v) is 2.98. The molecule has 1 aliphatic rings. The number of carbonyl (C=O) groups is 2. The number of hydrazone groups is 1. The van der Waals surface area contributed by atoms with Crippen molar-refractivity contribution in [2.45, 2.75) is 25.3 Å². The van der Waals surface area contributed by atoms with Gasteiger partial charge in [-0.2, -0.15) is 5.10 Å². The molecule has 0 unspecified atom stereocenters. The van der Waals surface area contributed by atoms with Crippen molar-refractivity contribution >= 4 is 23.3 Å². The number of nitro benzene ring substituents is 1. The lowest BCUT2D eigenvalue weighted by atomic mass is 9.98. The Hall–Kier alpha value is -3.55. The summed E-state index contributed by atoms with van der Waals surface area (Å²) in [6.45, 7) is 0. The van der Waals surface area contributed by atoms with Crippen LogP contribution in [0.2, 0.25) is 0 Å². The van der Waals surface area contributed by atoms with E-state index in [4.69, 9.17) is 5.11 Å². The van der Waals surface area contributed by atoms with Gasteiger partial charge in [-0.25, -0.2) is 5.01 Å². The van der Waals surface area contributed by atoms with E-state index in [-0.39, 0.29) is 18.5 Å². The summed E-state index contributed by atoms with van der Waals surface area (Å²) in [5, 5.41) is 25.6. The van der Waals surface area contributed by atoms with E-state index < -0.39 is 22.8 Å². The second kappa shape index (κ2) is 7.77. The van der Waals surface area contributed by atoms with Crippen LogP contribution in [-0.4, -0.2) is 32.6 Å². The van der Waals surface area contributed by atoms with Crippen molar-refractivity contribution in [2.75, 3.05) is 0 Å². The molecule has 3 rings (SSSR count). The smallest absolute Gasteiger partial charge is 0.303 e. The van der Waals surface area contributed by atoms with E-state index in [1.54, 1.807) is 12.1 Å². The van der Waals surface area contributed by atoms with Gasteiger partial charge in [0.15, 0.2) is 0 Å². The number of carboxylic acid groups (broad SMARTS) is 1. The third-order valence-corrected chi connectivity index (χ3v) is 4.29. The van der Waals surface area contributed by atoms with Crippen molar-refractivity contribution in [3.8, 4) is 0 Å². The Kier molecular flexibility index (Phi) is 5.25. The van der Waals surface area contributed by atoms with E-state index in [2.05, 4.69) is 5.10 Å². The zero-order chi connectivity index (χ0) is 19.4. The second-order valence-corrected chi connectivity index (χ2v) is 6.12. The third kappa shape index (κ3) is 4.17. The lowest BCUT2D eigenvalue weighted by Gasteiger charge is -2.21. The van der Waals surface area contributed by atoms with Gasteiger partial charge in [-0.1, -0.05) is 42.5 Å². The number of hydrogen-bond donors (Lipinski definition) is 1. The number of carbonyl (C=O) groups excluding carboxylic acids is 1. The molecule has 8 heteroatoms. The number of nitrogens with zero attached hydrogens (tertiary/aromatic N) is 3. The first kappa shape index (κ1) is 18.2. The first-order valence-electron chi connectivity index (χ1n) is 8.37. The maximum absolute atomic E-state index is 12.6. The van der Waals surface area contributed by atoms with Crippen molar-refractivity contribution in [3.05, 3.63) is 75.8 Å². The van der Waals surface area contributed by atoms with E-state index in [1.807, 2.05) is 30.3 Å². The molecule has 1 heterocycles. The predicted molar refractivity (Wildman–Crippen MR) is 97.1 cm³/mol. The molecule has 0 aliphatic carbocycles. The summed E-state index contributed by atoms with van der Waals surface area (Å²) in [7, 11) is 0. The number of benzene rings is 2. The van der Waals surface area contributed by atoms with Gasteiger partial charge in [0.1, 0.15) is 0 Å². The van der Waals surface area contributed by atoms with Crippen molar-refractivity contribution in [1.29, 1.82) is 0 Å². The molecule has 138 valence electrons. The number of amides is 1. The van der Waals surface area contributed by atoms with Gasteiger partial charge in [0.2, 0.25) is 5.91 Å². The molecule has 1 atom stereocenters. The monoisotopic (exact) mass is 367 g/mol. The lowest BCUT2D eigenvalue weighted by molar-refractivity contribution is -0.385. The van der Waals surface area contributed by atoms with Crippen LogP contribution >= 0.6 is 0 Å². The summed E-state index contributed by atoms with van der Waals surface area (Å²) in [5.74, 6) is -1.50. The largest absolute Gasteiger partial charge is 0.481 e. The lowest BCUT2D eigenvalue weighted by Crippen LogP contribution is -2.27. The minimum Gasteiger partial charge on any atom is -0.481 e. The number of non-ortho nitro benzene ring substituents is 1. The van der Waals surface area contributed by atoms with Crippen LogP contribution in [0.15, 0.2) is 59.7 Å². The van der Waals surface area contributed by atoms with Gasteiger partial charge in [0.25, 0.3) is 5.69 Å². The number of aliphatic carboxylic acids is 1. The molecule has 27 heavy (non-hydrogen) atoms. The number of nitro groups is 1. The average molecular weight is 367 g/mol. The maximum Gasteiger partial charge on any atom is 0.303 e. The van der Waals surface area contributed by atoms with Crippen LogP contribution in [0, 0.1) is 10.1 Å². The summed E-state index contributed by atoms with van der Waals surface area (Å²) in [6.07, 6.45) is -0.0937. The van der Waals surface area contributed by atoms with E-state index in [0.717, 1.165) is 5.56 Å². The summed E-state index contributed by atoms with van der Waals surface area (Å²) in [5.41, 5.74) is 2.04. The second-order valence-electron chi connectivity index (χ2n) is 6.12. The van der Waals surface area contributed by atoms with Crippen molar-refractivity contribution in [3.63, 3.8) is 0 Å². The molecule has 1 aliphatic heterocycles. The minimum absolute atomic E-state index is 0.0707. The van der Waals surface area contributed by atoms with Crippen molar-refractivity contribution in [2.24, 2.45) is 5.10 Å². The third-order valence-electron chi connectivity index (χ3n) is 4.29.